The fraction of sp³-hybridized carbons (Fsp3) is 0.360. The Balaban J connectivity index is 1.07. The molecule has 2 aliphatic rings. The zero-order valence-electron chi connectivity index (χ0n) is 19.8. The molecule has 11 heteroatoms. The summed E-state index contributed by atoms with van der Waals surface area (Å²) < 4.78 is 0. The van der Waals surface area contributed by atoms with E-state index in [1.54, 1.807) is 11.1 Å². The molecule has 1 N–H and O–H groups in total. The van der Waals surface area contributed by atoms with Gasteiger partial charge < -0.3 is 19.6 Å². The maximum atomic E-state index is 12.8. The van der Waals surface area contributed by atoms with Gasteiger partial charge in [0.15, 0.2) is 5.13 Å². The zero-order valence-corrected chi connectivity index (χ0v) is 21.4. The first-order chi connectivity index (χ1) is 17.5. The zero-order chi connectivity index (χ0) is 24.9. The second kappa shape index (κ2) is 11.1. The topological polar surface area (TPSA) is 84.9 Å². The standard InChI is InChI=1S/C25H28ClN7O2S/c26-19-4-6-21(7-5-19)30-9-13-32(14-10-30)23(34)17-20-18-36-24(28-20)29-25(35)33-15-11-31(12-16-33)22-3-1-2-8-27-22/h1-8,18H,9-17H2,(H,28,29,35). The molecule has 0 bridgehead atoms. The molecule has 0 aliphatic carbocycles. The minimum atomic E-state index is -0.166. The lowest BCUT2D eigenvalue weighted by Gasteiger charge is -2.36. The van der Waals surface area contributed by atoms with Gasteiger partial charge in [0.05, 0.1) is 12.1 Å². The highest BCUT2D eigenvalue weighted by atomic mass is 35.5. The molecule has 0 atom stereocenters. The smallest absolute Gasteiger partial charge is 0.323 e. The van der Waals surface area contributed by atoms with E-state index in [0.717, 1.165) is 42.7 Å². The van der Waals surface area contributed by atoms with E-state index >= 15 is 0 Å². The van der Waals surface area contributed by atoms with Gasteiger partial charge in [-0.05, 0) is 36.4 Å². The molecule has 188 valence electrons. The van der Waals surface area contributed by atoms with Gasteiger partial charge in [0.1, 0.15) is 5.82 Å². The number of pyridine rings is 1. The lowest BCUT2D eigenvalue weighted by atomic mass is 10.2. The van der Waals surface area contributed by atoms with Crippen molar-refractivity contribution in [3.05, 3.63) is 64.8 Å². The summed E-state index contributed by atoms with van der Waals surface area (Å²) in [5, 5.41) is 5.96. The van der Waals surface area contributed by atoms with Crippen LogP contribution in [0, 0.1) is 0 Å². The summed E-state index contributed by atoms with van der Waals surface area (Å²) >= 11 is 7.33. The lowest BCUT2D eigenvalue weighted by Crippen LogP contribution is -2.50. The fourth-order valence-electron chi connectivity index (χ4n) is 4.43. The van der Waals surface area contributed by atoms with Crippen molar-refractivity contribution in [3.63, 3.8) is 0 Å². The Morgan fingerprint density at radius 1 is 0.889 bits per heavy atom. The normalized spacial score (nSPS) is 16.2. The Labute approximate surface area is 219 Å². The molecular formula is C25H28ClN7O2S. The van der Waals surface area contributed by atoms with Crippen molar-refractivity contribution in [1.82, 2.24) is 19.8 Å². The number of hydrogen-bond acceptors (Lipinski definition) is 7. The van der Waals surface area contributed by atoms with E-state index < -0.39 is 0 Å². The minimum Gasteiger partial charge on any atom is -0.368 e. The first kappa shape index (κ1) is 24.3. The third kappa shape index (κ3) is 5.88. The van der Waals surface area contributed by atoms with E-state index in [1.807, 2.05) is 52.7 Å². The van der Waals surface area contributed by atoms with Crippen LogP contribution in [0.25, 0.3) is 0 Å². The number of aromatic nitrogens is 2. The van der Waals surface area contributed by atoms with E-state index in [-0.39, 0.29) is 18.4 Å². The summed E-state index contributed by atoms with van der Waals surface area (Å²) in [7, 11) is 0. The van der Waals surface area contributed by atoms with Crippen molar-refractivity contribution in [1.29, 1.82) is 0 Å². The van der Waals surface area contributed by atoms with Crippen molar-refractivity contribution in [3.8, 4) is 0 Å². The van der Waals surface area contributed by atoms with Crippen LogP contribution in [-0.2, 0) is 11.2 Å². The molecule has 2 saturated heterocycles. The average molecular weight is 526 g/mol. The summed E-state index contributed by atoms with van der Waals surface area (Å²) in [5.41, 5.74) is 1.80. The third-order valence-electron chi connectivity index (χ3n) is 6.46. The molecule has 5 rings (SSSR count). The predicted molar refractivity (Wildman–Crippen MR) is 143 cm³/mol. The van der Waals surface area contributed by atoms with E-state index in [4.69, 9.17) is 11.6 Å². The Bertz CT molecular complexity index is 1170. The maximum Gasteiger partial charge on any atom is 0.323 e. The van der Waals surface area contributed by atoms with Crippen molar-refractivity contribution >= 4 is 51.5 Å². The number of amides is 3. The van der Waals surface area contributed by atoms with E-state index in [9.17, 15) is 9.59 Å². The highest BCUT2D eigenvalue weighted by Gasteiger charge is 2.24. The number of carbonyl (C=O) groups is 2. The number of carbonyl (C=O) groups excluding carboxylic acids is 2. The van der Waals surface area contributed by atoms with Gasteiger partial charge in [-0.25, -0.2) is 14.8 Å². The van der Waals surface area contributed by atoms with Gasteiger partial charge in [0, 0.05) is 74.6 Å². The van der Waals surface area contributed by atoms with Crippen LogP contribution in [0.15, 0.2) is 54.0 Å². The van der Waals surface area contributed by atoms with Crippen molar-refractivity contribution in [2.45, 2.75) is 6.42 Å². The molecule has 3 aromatic rings. The Hall–Kier alpha value is -3.37. The van der Waals surface area contributed by atoms with Gasteiger partial charge in [0.25, 0.3) is 0 Å². The predicted octanol–water partition coefficient (Wildman–Crippen LogP) is 3.44. The van der Waals surface area contributed by atoms with Crippen molar-refractivity contribution in [2.75, 3.05) is 67.5 Å². The fourth-order valence-corrected chi connectivity index (χ4v) is 5.25. The van der Waals surface area contributed by atoms with Crippen LogP contribution < -0.4 is 15.1 Å². The summed E-state index contributed by atoms with van der Waals surface area (Å²) in [4.78, 5) is 42.5. The maximum absolute atomic E-state index is 12.8. The number of nitrogens with one attached hydrogen (secondary N) is 1. The summed E-state index contributed by atoms with van der Waals surface area (Å²) in [6.07, 6.45) is 2.01. The summed E-state index contributed by atoms with van der Waals surface area (Å²) in [6.45, 7) is 5.57. The molecule has 0 spiro atoms. The molecule has 2 fully saturated rings. The van der Waals surface area contributed by atoms with Crippen LogP contribution in [0.5, 0.6) is 0 Å². The van der Waals surface area contributed by atoms with Crippen molar-refractivity contribution < 1.29 is 9.59 Å². The van der Waals surface area contributed by atoms with Gasteiger partial charge in [-0.15, -0.1) is 11.3 Å². The number of halogens is 1. The van der Waals surface area contributed by atoms with Crippen LogP contribution in [-0.4, -0.2) is 84.1 Å². The third-order valence-corrected chi connectivity index (χ3v) is 7.52. The van der Waals surface area contributed by atoms with Crippen LogP contribution in [0.1, 0.15) is 5.69 Å². The van der Waals surface area contributed by atoms with Gasteiger partial charge >= 0.3 is 6.03 Å². The molecule has 9 nitrogen and oxygen atoms in total. The molecule has 3 amide bonds. The van der Waals surface area contributed by atoms with Gasteiger partial charge in [-0.3, -0.25) is 10.1 Å². The SMILES string of the molecule is O=C(Cc1csc(NC(=O)N2CCN(c3ccccn3)CC2)n1)N1CCN(c2ccc(Cl)cc2)CC1. The van der Waals surface area contributed by atoms with Crippen LogP contribution >= 0.6 is 22.9 Å². The Kier molecular flexibility index (Phi) is 7.52. The van der Waals surface area contributed by atoms with E-state index in [0.29, 0.717) is 37.0 Å². The van der Waals surface area contributed by atoms with Gasteiger partial charge in [-0.2, -0.15) is 0 Å². The molecule has 1 aromatic carbocycles. The average Bonchev–Trinajstić information content (AvgIpc) is 3.36. The first-order valence-corrected chi connectivity index (χ1v) is 13.3. The molecular weight excluding hydrogens is 498 g/mol. The first-order valence-electron chi connectivity index (χ1n) is 12.0. The van der Waals surface area contributed by atoms with Gasteiger partial charge in [-0.1, -0.05) is 17.7 Å². The largest absolute Gasteiger partial charge is 0.368 e. The molecule has 2 aliphatic heterocycles. The van der Waals surface area contributed by atoms with E-state index in [2.05, 4.69) is 25.1 Å². The lowest BCUT2D eigenvalue weighted by molar-refractivity contribution is -0.130. The molecule has 4 heterocycles. The number of nitrogens with zero attached hydrogens (tertiary/aromatic N) is 6. The minimum absolute atomic E-state index is 0.0552. The number of piperazine rings is 2. The van der Waals surface area contributed by atoms with E-state index in [1.165, 1.54) is 11.3 Å². The number of urea groups is 1. The molecule has 0 saturated carbocycles. The molecule has 0 unspecified atom stereocenters. The number of benzene rings is 1. The second-order valence-corrected chi connectivity index (χ2v) is 10.1. The highest BCUT2D eigenvalue weighted by Crippen LogP contribution is 2.21. The number of thiazole rings is 1. The van der Waals surface area contributed by atoms with Crippen molar-refractivity contribution in [2.24, 2.45) is 0 Å². The molecule has 36 heavy (non-hydrogen) atoms. The number of rotatable bonds is 5. The van der Waals surface area contributed by atoms with Crippen LogP contribution in [0.3, 0.4) is 0 Å². The van der Waals surface area contributed by atoms with Crippen LogP contribution in [0.2, 0.25) is 5.02 Å². The number of hydrogen-bond donors (Lipinski definition) is 1. The highest BCUT2D eigenvalue weighted by molar-refractivity contribution is 7.13. The quantitative estimate of drug-likeness (QED) is 0.549. The van der Waals surface area contributed by atoms with Gasteiger partial charge in [0.2, 0.25) is 5.91 Å². The molecule has 2 aromatic heterocycles. The van der Waals surface area contributed by atoms with Crippen LogP contribution in [0.4, 0.5) is 21.4 Å². The summed E-state index contributed by atoms with van der Waals surface area (Å²) in [5.74, 6) is 0.984. The number of anilines is 3. The monoisotopic (exact) mass is 525 g/mol. The Morgan fingerprint density at radius 3 is 2.28 bits per heavy atom. The second-order valence-electron chi connectivity index (χ2n) is 8.76. The molecule has 0 radical (unpaired) electrons. The summed E-state index contributed by atoms with van der Waals surface area (Å²) in [6, 6.07) is 13.5. The Morgan fingerprint density at radius 2 is 1.58 bits per heavy atom.